The summed E-state index contributed by atoms with van der Waals surface area (Å²) >= 11 is 1.64. The summed E-state index contributed by atoms with van der Waals surface area (Å²) in [5, 5.41) is 2.88. The van der Waals surface area contributed by atoms with Crippen LogP contribution < -0.4 is 15.8 Å². The van der Waals surface area contributed by atoms with Crippen molar-refractivity contribution in [3.05, 3.63) is 48.5 Å². The van der Waals surface area contributed by atoms with Gasteiger partial charge in [0.05, 0.1) is 6.61 Å². The Hall–Kier alpha value is -2.14. The van der Waals surface area contributed by atoms with E-state index in [4.69, 9.17) is 10.5 Å². The quantitative estimate of drug-likeness (QED) is 0.602. The minimum Gasteiger partial charge on any atom is -0.494 e. The van der Waals surface area contributed by atoms with E-state index in [2.05, 4.69) is 5.32 Å². The fourth-order valence-corrected chi connectivity index (χ4v) is 2.70. The van der Waals surface area contributed by atoms with Gasteiger partial charge in [-0.15, -0.1) is 11.8 Å². The van der Waals surface area contributed by atoms with E-state index in [0.29, 0.717) is 13.0 Å². The van der Waals surface area contributed by atoms with Crippen molar-refractivity contribution in [2.24, 2.45) is 0 Å². The summed E-state index contributed by atoms with van der Waals surface area (Å²) in [7, 11) is 0. The van der Waals surface area contributed by atoms with E-state index in [1.807, 2.05) is 55.5 Å². The molecular formula is C17H20N2O2S. The van der Waals surface area contributed by atoms with E-state index in [-0.39, 0.29) is 5.91 Å². The lowest BCUT2D eigenvalue weighted by molar-refractivity contribution is -0.115. The first-order valence-electron chi connectivity index (χ1n) is 7.18. The zero-order valence-electron chi connectivity index (χ0n) is 12.5. The van der Waals surface area contributed by atoms with Gasteiger partial charge in [-0.2, -0.15) is 0 Å². The molecule has 2 aromatic rings. The lowest BCUT2D eigenvalue weighted by atomic mass is 10.3. The molecule has 0 atom stereocenters. The van der Waals surface area contributed by atoms with Crippen molar-refractivity contribution in [1.82, 2.24) is 0 Å². The molecule has 0 unspecified atom stereocenters. The number of hydrogen-bond acceptors (Lipinski definition) is 4. The Kier molecular flexibility index (Phi) is 6.15. The van der Waals surface area contributed by atoms with Crippen molar-refractivity contribution in [2.45, 2.75) is 18.2 Å². The number of nitrogens with two attached hydrogens (primary N) is 1. The van der Waals surface area contributed by atoms with Crippen LogP contribution in [0.4, 0.5) is 11.4 Å². The second kappa shape index (κ2) is 8.34. The molecule has 0 heterocycles. The molecule has 0 aliphatic carbocycles. The van der Waals surface area contributed by atoms with Crippen LogP contribution in [0.5, 0.6) is 5.75 Å². The third-order valence-corrected chi connectivity index (χ3v) is 3.94. The van der Waals surface area contributed by atoms with Crippen molar-refractivity contribution >= 4 is 29.0 Å². The van der Waals surface area contributed by atoms with Crippen LogP contribution in [0.15, 0.2) is 53.4 Å². The first-order chi connectivity index (χ1) is 10.7. The molecule has 0 saturated carbocycles. The molecule has 0 spiro atoms. The highest BCUT2D eigenvalue weighted by molar-refractivity contribution is 7.99. The number of amides is 1. The predicted molar refractivity (Wildman–Crippen MR) is 92.4 cm³/mol. The molecule has 1 amide bonds. The summed E-state index contributed by atoms with van der Waals surface area (Å²) < 4.78 is 5.36. The van der Waals surface area contributed by atoms with Crippen molar-refractivity contribution in [2.75, 3.05) is 23.4 Å². The maximum atomic E-state index is 11.9. The van der Waals surface area contributed by atoms with Gasteiger partial charge < -0.3 is 15.8 Å². The molecule has 0 fully saturated rings. The minimum absolute atomic E-state index is 0.00658. The molecule has 0 bridgehead atoms. The third kappa shape index (κ3) is 5.33. The van der Waals surface area contributed by atoms with Gasteiger partial charge in [-0.25, -0.2) is 0 Å². The van der Waals surface area contributed by atoms with Crippen LogP contribution in [0.3, 0.4) is 0 Å². The number of thioether (sulfide) groups is 1. The SMILES string of the molecule is CCOc1ccc(NC(=O)CCSc2ccc(N)cc2)cc1. The van der Waals surface area contributed by atoms with Crippen LogP contribution in [-0.2, 0) is 4.79 Å². The van der Waals surface area contributed by atoms with Crippen LogP contribution in [0.25, 0.3) is 0 Å². The highest BCUT2D eigenvalue weighted by atomic mass is 32.2. The van der Waals surface area contributed by atoms with Crippen molar-refractivity contribution in [1.29, 1.82) is 0 Å². The van der Waals surface area contributed by atoms with Crippen molar-refractivity contribution in [3.63, 3.8) is 0 Å². The van der Waals surface area contributed by atoms with Gasteiger partial charge in [0.15, 0.2) is 0 Å². The van der Waals surface area contributed by atoms with E-state index < -0.39 is 0 Å². The lowest BCUT2D eigenvalue weighted by Gasteiger charge is -2.07. The normalized spacial score (nSPS) is 10.2. The van der Waals surface area contributed by atoms with Crippen LogP contribution in [0, 0.1) is 0 Å². The molecule has 0 aromatic heterocycles. The maximum Gasteiger partial charge on any atom is 0.225 e. The van der Waals surface area contributed by atoms with Gasteiger partial charge in [0, 0.05) is 28.4 Å². The van der Waals surface area contributed by atoms with Gasteiger partial charge in [-0.05, 0) is 55.5 Å². The van der Waals surface area contributed by atoms with Crippen molar-refractivity contribution in [3.8, 4) is 5.75 Å². The van der Waals surface area contributed by atoms with Crippen LogP contribution in [0.1, 0.15) is 13.3 Å². The van der Waals surface area contributed by atoms with Gasteiger partial charge in [0.25, 0.3) is 0 Å². The first kappa shape index (κ1) is 16.2. The van der Waals surface area contributed by atoms with Gasteiger partial charge in [0.1, 0.15) is 5.75 Å². The van der Waals surface area contributed by atoms with E-state index in [1.54, 1.807) is 11.8 Å². The molecule has 3 N–H and O–H groups in total. The Labute approximate surface area is 135 Å². The summed E-state index contributed by atoms with van der Waals surface area (Å²) in [6.45, 7) is 2.57. The molecule has 5 heteroatoms. The largest absolute Gasteiger partial charge is 0.494 e. The van der Waals surface area contributed by atoms with Gasteiger partial charge in [-0.3, -0.25) is 4.79 Å². The molecule has 2 aromatic carbocycles. The number of ether oxygens (including phenoxy) is 1. The predicted octanol–water partition coefficient (Wildman–Crippen LogP) is 3.79. The Morgan fingerprint density at radius 2 is 1.82 bits per heavy atom. The van der Waals surface area contributed by atoms with Crippen LogP contribution in [0.2, 0.25) is 0 Å². The number of benzene rings is 2. The number of nitrogen functional groups attached to an aromatic ring is 1. The summed E-state index contributed by atoms with van der Waals surface area (Å²) in [5.41, 5.74) is 7.17. The topological polar surface area (TPSA) is 64.3 Å². The third-order valence-electron chi connectivity index (χ3n) is 2.93. The number of carbonyl (C=O) groups is 1. The van der Waals surface area contributed by atoms with Crippen molar-refractivity contribution < 1.29 is 9.53 Å². The van der Waals surface area contributed by atoms with Gasteiger partial charge in [0.2, 0.25) is 5.91 Å². The number of carbonyl (C=O) groups excluding carboxylic acids is 1. The first-order valence-corrected chi connectivity index (χ1v) is 8.17. The Morgan fingerprint density at radius 3 is 2.45 bits per heavy atom. The monoisotopic (exact) mass is 316 g/mol. The number of nitrogens with one attached hydrogen (secondary N) is 1. The Morgan fingerprint density at radius 1 is 1.14 bits per heavy atom. The Bertz CT molecular complexity index is 597. The molecule has 116 valence electrons. The summed E-state index contributed by atoms with van der Waals surface area (Å²) in [4.78, 5) is 13.0. The number of hydrogen-bond donors (Lipinski definition) is 2. The molecule has 0 saturated heterocycles. The zero-order chi connectivity index (χ0) is 15.8. The molecule has 2 rings (SSSR count). The van der Waals surface area contributed by atoms with E-state index >= 15 is 0 Å². The minimum atomic E-state index is 0.00658. The van der Waals surface area contributed by atoms with E-state index in [1.165, 1.54) is 0 Å². The fraction of sp³-hybridized carbons (Fsp3) is 0.235. The molecule has 0 radical (unpaired) electrons. The zero-order valence-corrected chi connectivity index (χ0v) is 13.4. The number of rotatable bonds is 7. The molecule has 0 aliphatic heterocycles. The second-order valence-electron chi connectivity index (χ2n) is 4.67. The second-order valence-corrected chi connectivity index (χ2v) is 5.84. The summed E-state index contributed by atoms with van der Waals surface area (Å²) in [5.74, 6) is 1.54. The van der Waals surface area contributed by atoms with Crippen LogP contribution >= 0.6 is 11.8 Å². The molecular weight excluding hydrogens is 296 g/mol. The lowest BCUT2D eigenvalue weighted by Crippen LogP contribution is -2.12. The average molecular weight is 316 g/mol. The molecule has 0 aliphatic rings. The summed E-state index contributed by atoms with van der Waals surface area (Å²) in [6.07, 6.45) is 0.461. The maximum absolute atomic E-state index is 11.9. The molecule has 4 nitrogen and oxygen atoms in total. The standard InChI is InChI=1S/C17H20N2O2S/c1-2-21-15-7-5-14(6-8-15)19-17(20)11-12-22-16-9-3-13(18)4-10-16/h3-10H,2,11-12,18H2,1H3,(H,19,20). The smallest absolute Gasteiger partial charge is 0.225 e. The highest BCUT2D eigenvalue weighted by Gasteiger charge is 2.03. The fourth-order valence-electron chi connectivity index (χ4n) is 1.85. The molecule has 22 heavy (non-hydrogen) atoms. The average Bonchev–Trinajstić information content (AvgIpc) is 2.51. The highest BCUT2D eigenvalue weighted by Crippen LogP contribution is 2.20. The van der Waals surface area contributed by atoms with E-state index in [0.717, 1.165) is 27.8 Å². The van der Waals surface area contributed by atoms with Gasteiger partial charge in [-0.1, -0.05) is 0 Å². The van der Waals surface area contributed by atoms with Crippen LogP contribution in [-0.4, -0.2) is 18.3 Å². The number of anilines is 2. The summed E-state index contributed by atoms with van der Waals surface area (Å²) in [6, 6.07) is 15.0. The van der Waals surface area contributed by atoms with E-state index in [9.17, 15) is 4.79 Å². The Balaban J connectivity index is 1.74. The van der Waals surface area contributed by atoms with Gasteiger partial charge >= 0.3 is 0 Å².